The molecular formula is C26H24N2O4S. The molecule has 0 amide bonds. The van der Waals surface area contributed by atoms with Crippen LogP contribution < -0.4 is 4.90 Å². The third kappa shape index (κ3) is 4.19. The van der Waals surface area contributed by atoms with Gasteiger partial charge in [0.25, 0.3) is 0 Å². The molecule has 7 heteroatoms. The van der Waals surface area contributed by atoms with Crippen molar-refractivity contribution >= 4 is 32.7 Å². The lowest BCUT2D eigenvalue weighted by Gasteiger charge is -2.21. The standard InChI is InChI=1S/C26H24N2O4S/c1-3-28(4-2)19-15-13-18(14-16-19)27-26-24(33(31,32)20-9-6-5-7-10-20)17-23(30)21-11-8-12-22(29)25(21)26/h5-17,29H,3-4H2,1-2H3. The minimum atomic E-state index is -4.06. The molecule has 0 spiro atoms. The molecule has 0 radical (unpaired) electrons. The minimum Gasteiger partial charge on any atom is -0.507 e. The number of benzene rings is 3. The number of fused-ring (bicyclic) bond motifs is 1. The number of phenolic OH excluding ortho intramolecular Hbond substituents is 1. The van der Waals surface area contributed by atoms with Crippen LogP contribution in [0.25, 0.3) is 0 Å². The Morgan fingerprint density at radius 3 is 2.18 bits per heavy atom. The molecule has 4 rings (SSSR count). The summed E-state index contributed by atoms with van der Waals surface area (Å²) >= 11 is 0. The third-order valence-electron chi connectivity index (χ3n) is 5.60. The third-order valence-corrected chi connectivity index (χ3v) is 7.39. The van der Waals surface area contributed by atoms with Gasteiger partial charge in [0.15, 0.2) is 5.78 Å². The second kappa shape index (κ2) is 9.03. The van der Waals surface area contributed by atoms with Crippen molar-refractivity contribution in [2.45, 2.75) is 18.7 Å². The van der Waals surface area contributed by atoms with E-state index in [1.165, 1.54) is 18.2 Å². The van der Waals surface area contributed by atoms with Crippen LogP contribution in [-0.4, -0.2) is 38.1 Å². The van der Waals surface area contributed by atoms with Gasteiger partial charge in [0.1, 0.15) is 10.7 Å². The molecule has 0 saturated heterocycles. The summed E-state index contributed by atoms with van der Waals surface area (Å²) in [5.74, 6) is -0.695. The molecule has 1 aliphatic carbocycles. The van der Waals surface area contributed by atoms with Crippen LogP contribution in [0.2, 0.25) is 0 Å². The molecule has 0 aliphatic heterocycles. The van der Waals surface area contributed by atoms with Crippen LogP contribution in [0.5, 0.6) is 5.75 Å². The predicted octanol–water partition coefficient (Wildman–Crippen LogP) is 4.91. The normalized spacial score (nSPS) is 14.7. The Balaban J connectivity index is 1.90. The summed E-state index contributed by atoms with van der Waals surface area (Å²) in [4.78, 5) is 19.4. The number of allylic oxidation sites excluding steroid dienone is 2. The molecule has 0 heterocycles. The number of rotatable bonds is 6. The largest absolute Gasteiger partial charge is 0.507 e. The van der Waals surface area contributed by atoms with Gasteiger partial charge in [0, 0.05) is 30.4 Å². The van der Waals surface area contributed by atoms with Crippen molar-refractivity contribution in [1.29, 1.82) is 0 Å². The second-order valence-electron chi connectivity index (χ2n) is 7.54. The first kappa shape index (κ1) is 22.5. The monoisotopic (exact) mass is 460 g/mol. The number of phenols is 1. The number of hydrogen-bond acceptors (Lipinski definition) is 6. The van der Waals surface area contributed by atoms with E-state index in [0.717, 1.165) is 24.9 Å². The van der Waals surface area contributed by atoms with E-state index < -0.39 is 15.6 Å². The summed E-state index contributed by atoms with van der Waals surface area (Å²) in [6.45, 7) is 5.86. The molecule has 168 valence electrons. The number of aliphatic imine (C=N–C) groups is 1. The van der Waals surface area contributed by atoms with Gasteiger partial charge in [-0.05, 0) is 56.3 Å². The Morgan fingerprint density at radius 1 is 0.879 bits per heavy atom. The smallest absolute Gasteiger partial charge is 0.208 e. The van der Waals surface area contributed by atoms with Crippen LogP contribution in [0, 0.1) is 0 Å². The van der Waals surface area contributed by atoms with Crippen LogP contribution in [0.15, 0.2) is 93.7 Å². The molecule has 6 nitrogen and oxygen atoms in total. The number of carbonyl (C=O) groups is 1. The number of carbonyl (C=O) groups excluding carboxylic acids is 1. The minimum absolute atomic E-state index is 0.0437. The maximum Gasteiger partial charge on any atom is 0.208 e. The summed E-state index contributed by atoms with van der Waals surface area (Å²) in [7, 11) is -4.06. The summed E-state index contributed by atoms with van der Waals surface area (Å²) in [6, 6.07) is 19.8. The second-order valence-corrected chi connectivity index (χ2v) is 9.46. The quantitative estimate of drug-likeness (QED) is 0.565. The van der Waals surface area contributed by atoms with E-state index >= 15 is 0 Å². The van der Waals surface area contributed by atoms with Crippen LogP contribution in [0.1, 0.15) is 29.8 Å². The fourth-order valence-corrected chi connectivity index (χ4v) is 5.31. The molecule has 0 bridgehead atoms. The van der Waals surface area contributed by atoms with E-state index in [2.05, 4.69) is 23.7 Å². The molecule has 3 aromatic carbocycles. The van der Waals surface area contributed by atoms with Crippen molar-refractivity contribution in [2.24, 2.45) is 4.99 Å². The first-order chi connectivity index (χ1) is 15.9. The zero-order valence-corrected chi connectivity index (χ0v) is 19.2. The van der Waals surface area contributed by atoms with Crippen molar-refractivity contribution in [2.75, 3.05) is 18.0 Å². The zero-order valence-electron chi connectivity index (χ0n) is 18.4. The number of sulfone groups is 1. The number of ketones is 1. The Morgan fingerprint density at radius 2 is 1.55 bits per heavy atom. The van der Waals surface area contributed by atoms with Crippen LogP contribution in [0.3, 0.4) is 0 Å². The van der Waals surface area contributed by atoms with Gasteiger partial charge in [-0.2, -0.15) is 0 Å². The highest BCUT2D eigenvalue weighted by Crippen LogP contribution is 2.35. The van der Waals surface area contributed by atoms with Gasteiger partial charge in [0.2, 0.25) is 9.84 Å². The van der Waals surface area contributed by atoms with Crippen LogP contribution in [-0.2, 0) is 9.84 Å². The first-order valence-corrected chi connectivity index (χ1v) is 12.2. The zero-order chi connectivity index (χ0) is 23.6. The van der Waals surface area contributed by atoms with Gasteiger partial charge in [-0.1, -0.05) is 30.3 Å². The average molecular weight is 461 g/mol. The van der Waals surface area contributed by atoms with E-state index in [1.807, 2.05) is 12.1 Å². The van der Waals surface area contributed by atoms with Crippen molar-refractivity contribution in [3.05, 3.63) is 94.9 Å². The van der Waals surface area contributed by atoms with Gasteiger partial charge >= 0.3 is 0 Å². The fourth-order valence-electron chi connectivity index (χ4n) is 3.88. The van der Waals surface area contributed by atoms with Crippen molar-refractivity contribution in [1.82, 2.24) is 0 Å². The summed E-state index contributed by atoms with van der Waals surface area (Å²) in [5, 5.41) is 10.6. The maximum absolute atomic E-state index is 13.5. The number of nitrogens with zero attached hydrogens (tertiary/aromatic N) is 2. The molecule has 1 aliphatic rings. The van der Waals surface area contributed by atoms with E-state index in [9.17, 15) is 18.3 Å². The molecular weight excluding hydrogens is 436 g/mol. The van der Waals surface area contributed by atoms with E-state index in [4.69, 9.17) is 0 Å². The number of hydrogen-bond donors (Lipinski definition) is 1. The lowest BCUT2D eigenvalue weighted by atomic mass is 9.93. The molecule has 0 atom stereocenters. The molecule has 3 aromatic rings. The van der Waals surface area contributed by atoms with Crippen molar-refractivity contribution in [3.63, 3.8) is 0 Å². The Kier molecular flexibility index (Phi) is 6.16. The fraction of sp³-hybridized carbons (Fsp3) is 0.154. The predicted molar refractivity (Wildman–Crippen MR) is 130 cm³/mol. The number of anilines is 1. The van der Waals surface area contributed by atoms with E-state index in [-0.39, 0.29) is 32.4 Å². The Bertz CT molecular complexity index is 1360. The van der Waals surface area contributed by atoms with Crippen molar-refractivity contribution in [3.8, 4) is 5.75 Å². The van der Waals surface area contributed by atoms with E-state index in [0.29, 0.717) is 5.69 Å². The molecule has 0 saturated carbocycles. The van der Waals surface area contributed by atoms with Crippen LogP contribution in [0.4, 0.5) is 11.4 Å². The van der Waals surface area contributed by atoms with Gasteiger partial charge in [0.05, 0.1) is 21.9 Å². The van der Waals surface area contributed by atoms with Crippen molar-refractivity contribution < 1.29 is 18.3 Å². The van der Waals surface area contributed by atoms with Crippen LogP contribution >= 0.6 is 0 Å². The maximum atomic E-state index is 13.5. The molecule has 0 fully saturated rings. The Hall–Kier alpha value is -3.71. The highest BCUT2D eigenvalue weighted by Gasteiger charge is 2.34. The van der Waals surface area contributed by atoms with Gasteiger partial charge in [-0.25, -0.2) is 13.4 Å². The lowest BCUT2D eigenvalue weighted by Crippen LogP contribution is -2.23. The highest BCUT2D eigenvalue weighted by atomic mass is 32.2. The average Bonchev–Trinajstić information content (AvgIpc) is 2.83. The Labute approximate surface area is 193 Å². The molecule has 0 unspecified atom stereocenters. The summed E-state index contributed by atoms with van der Waals surface area (Å²) in [5.41, 5.74) is 1.91. The topological polar surface area (TPSA) is 87.0 Å². The number of aromatic hydroxyl groups is 1. The van der Waals surface area contributed by atoms with E-state index in [1.54, 1.807) is 42.5 Å². The molecule has 33 heavy (non-hydrogen) atoms. The summed E-state index contributed by atoms with van der Waals surface area (Å²) in [6.07, 6.45) is 1.09. The summed E-state index contributed by atoms with van der Waals surface area (Å²) < 4.78 is 27.0. The SMILES string of the molecule is CCN(CC)c1ccc(N=C2C(S(=O)(=O)c3ccccc3)=CC(=O)c3cccc(O)c32)cc1. The molecule has 0 aromatic heterocycles. The highest BCUT2D eigenvalue weighted by molar-refractivity contribution is 7.96. The van der Waals surface area contributed by atoms with Gasteiger partial charge in [-0.3, -0.25) is 4.79 Å². The lowest BCUT2D eigenvalue weighted by molar-refractivity contribution is 0.104. The van der Waals surface area contributed by atoms with Gasteiger partial charge < -0.3 is 10.0 Å². The molecule has 1 N–H and O–H groups in total. The first-order valence-electron chi connectivity index (χ1n) is 10.7. The van der Waals surface area contributed by atoms with Gasteiger partial charge in [-0.15, -0.1) is 0 Å².